The number of hydrogen-bond acceptors (Lipinski definition) is 2. The Kier molecular flexibility index (Phi) is 4.26. The number of anilines is 1. The molecule has 0 aliphatic carbocycles. The third-order valence-electron chi connectivity index (χ3n) is 2.63. The molecule has 0 saturated heterocycles. The summed E-state index contributed by atoms with van der Waals surface area (Å²) in [7, 11) is 0. The molecule has 1 aromatic carbocycles. The van der Waals surface area contributed by atoms with E-state index in [0.29, 0.717) is 0 Å². The van der Waals surface area contributed by atoms with Crippen molar-refractivity contribution >= 4 is 17.5 Å². The van der Waals surface area contributed by atoms with E-state index in [9.17, 15) is 9.59 Å². The van der Waals surface area contributed by atoms with Gasteiger partial charge in [-0.15, -0.1) is 0 Å². The lowest BCUT2D eigenvalue weighted by Gasteiger charge is -2.11. The highest BCUT2D eigenvalue weighted by atomic mass is 16.2. The Morgan fingerprint density at radius 2 is 2.00 bits per heavy atom. The summed E-state index contributed by atoms with van der Waals surface area (Å²) < 4.78 is 0. The first-order valence-electron chi connectivity index (χ1n) is 5.56. The van der Waals surface area contributed by atoms with Gasteiger partial charge in [-0.1, -0.05) is 24.6 Å². The van der Waals surface area contributed by atoms with E-state index in [0.717, 1.165) is 16.8 Å². The number of carbonyl (C=O) groups is 2. The third kappa shape index (κ3) is 3.90. The zero-order valence-corrected chi connectivity index (χ0v) is 10.4. The smallest absolute Gasteiger partial charge is 0.225 e. The van der Waals surface area contributed by atoms with Gasteiger partial charge in [-0.05, 0) is 25.5 Å². The van der Waals surface area contributed by atoms with Crippen molar-refractivity contribution in [3.63, 3.8) is 0 Å². The Morgan fingerprint density at radius 1 is 1.35 bits per heavy atom. The second-order valence-corrected chi connectivity index (χ2v) is 4.37. The Labute approximate surface area is 101 Å². The van der Waals surface area contributed by atoms with E-state index in [4.69, 9.17) is 5.73 Å². The summed E-state index contributed by atoms with van der Waals surface area (Å²) in [6.45, 7) is 5.57. The number of hydrogen-bond donors (Lipinski definition) is 2. The van der Waals surface area contributed by atoms with Crippen LogP contribution in [0.1, 0.15) is 24.5 Å². The fourth-order valence-electron chi connectivity index (χ4n) is 1.53. The molecule has 4 heteroatoms. The topological polar surface area (TPSA) is 72.2 Å². The van der Waals surface area contributed by atoms with E-state index >= 15 is 0 Å². The van der Waals surface area contributed by atoms with Crippen LogP contribution in [0.25, 0.3) is 0 Å². The highest BCUT2D eigenvalue weighted by Gasteiger charge is 2.14. The van der Waals surface area contributed by atoms with Gasteiger partial charge in [0.05, 0.1) is 0 Å². The molecule has 92 valence electrons. The van der Waals surface area contributed by atoms with Gasteiger partial charge in [0, 0.05) is 18.0 Å². The minimum absolute atomic E-state index is 0.114. The van der Waals surface area contributed by atoms with Crippen LogP contribution < -0.4 is 11.1 Å². The van der Waals surface area contributed by atoms with Crippen LogP contribution in [0, 0.1) is 19.8 Å². The van der Waals surface area contributed by atoms with E-state index in [-0.39, 0.29) is 12.3 Å². The molecule has 0 heterocycles. The molecule has 0 bridgehead atoms. The molecule has 4 nitrogen and oxygen atoms in total. The van der Waals surface area contributed by atoms with Crippen LogP contribution in [0.2, 0.25) is 0 Å². The molecule has 2 amide bonds. The Balaban J connectivity index is 2.65. The normalized spacial score (nSPS) is 11.9. The van der Waals surface area contributed by atoms with E-state index in [2.05, 4.69) is 5.32 Å². The monoisotopic (exact) mass is 234 g/mol. The summed E-state index contributed by atoms with van der Waals surface area (Å²) in [5, 5.41) is 2.78. The van der Waals surface area contributed by atoms with Crippen LogP contribution in [-0.2, 0) is 9.59 Å². The van der Waals surface area contributed by atoms with Gasteiger partial charge >= 0.3 is 0 Å². The predicted molar refractivity (Wildman–Crippen MR) is 67.5 cm³/mol. The first kappa shape index (κ1) is 13.2. The highest BCUT2D eigenvalue weighted by molar-refractivity contribution is 5.94. The Bertz CT molecular complexity index is 441. The SMILES string of the molecule is Cc1ccc(NC(=O)CC(C)C(N)=O)c(C)c1. The number of carbonyl (C=O) groups excluding carboxylic acids is 2. The van der Waals surface area contributed by atoms with Gasteiger partial charge in [-0.2, -0.15) is 0 Å². The molecule has 17 heavy (non-hydrogen) atoms. The van der Waals surface area contributed by atoms with E-state index in [1.54, 1.807) is 6.92 Å². The first-order valence-corrected chi connectivity index (χ1v) is 5.56. The van der Waals surface area contributed by atoms with Gasteiger partial charge in [0.15, 0.2) is 0 Å². The van der Waals surface area contributed by atoms with Crippen LogP contribution in [0.3, 0.4) is 0 Å². The molecule has 1 atom stereocenters. The van der Waals surface area contributed by atoms with Crippen molar-refractivity contribution in [2.45, 2.75) is 27.2 Å². The molecule has 0 spiro atoms. The molecule has 1 rings (SSSR count). The molecule has 0 saturated carbocycles. The lowest BCUT2D eigenvalue weighted by atomic mass is 10.1. The van der Waals surface area contributed by atoms with Gasteiger partial charge in [0.25, 0.3) is 0 Å². The van der Waals surface area contributed by atoms with Gasteiger partial charge in [0.1, 0.15) is 0 Å². The zero-order chi connectivity index (χ0) is 13.0. The fourth-order valence-corrected chi connectivity index (χ4v) is 1.53. The number of aryl methyl sites for hydroxylation is 2. The minimum atomic E-state index is -0.458. The maximum atomic E-state index is 11.6. The summed E-state index contributed by atoms with van der Waals surface area (Å²) >= 11 is 0. The van der Waals surface area contributed by atoms with E-state index in [1.165, 1.54) is 0 Å². The van der Waals surface area contributed by atoms with Crippen molar-refractivity contribution in [1.82, 2.24) is 0 Å². The van der Waals surface area contributed by atoms with Crippen LogP contribution in [0.4, 0.5) is 5.69 Å². The largest absolute Gasteiger partial charge is 0.369 e. The lowest BCUT2D eigenvalue weighted by molar-refractivity contribution is -0.125. The maximum Gasteiger partial charge on any atom is 0.225 e. The average Bonchev–Trinajstić information content (AvgIpc) is 2.22. The summed E-state index contributed by atoms with van der Waals surface area (Å²) in [6, 6.07) is 5.78. The van der Waals surface area contributed by atoms with E-state index < -0.39 is 11.8 Å². The molecule has 0 aliphatic rings. The molecule has 0 fully saturated rings. The van der Waals surface area contributed by atoms with Crippen LogP contribution in [0.15, 0.2) is 18.2 Å². The summed E-state index contributed by atoms with van der Waals surface area (Å²) in [5.41, 5.74) is 8.03. The van der Waals surface area contributed by atoms with Crippen molar-refractivity contribution in [2.75, 3.05) is 5.32 Å². The van der Waals surface area contributed by atoms with Crippen molar-refractivity contribution in [1.29, 1.82) is 0 Å². The molecular weight excluding hydrogens is 216 g/mol. The molecule has 0 radical (unpaired) electrons. The number of nitrogens with one attached hydrogen (secondary N) is 1. The summed E-state index contributed by atoms with van der Waals surface area (Å²) in [4.78, 5) is 22.5. The second-order valence-electron chi connectivity index (χ2n) is 4.37. The predicted octanol–water partition coefficient (Wildman–Crippen LogP) is 1.75. The molecule has 0 aromatic heterocycles. The van der Waals surface area contributed by atoms with Crippen LogP contribution in [-0.4, -0.2) is 11.8 Å². The van der Waals surface area contributed by atoms with Crippen LogP contribution >= 0.6 is 0 Å². The van der Waals surface area contributed by atoms with Gasteiger partial charge in [-0.3, -0.25) is 9.59 Å². The molecule has 0 aliphatic heterocycles. The lowest BCUT2D eigenvalue weighted by Crippen LogP contribution is -2.25. The quantitative estimate of drug-likeness (QED) is 0.833. The second kappa shape index (κ2) is 5.48. The molecule has 1 aromatic rings. The van der Waals surface area contributed by atoms with Gasteiger partial charge in [0.2, 0.25) is 11.8 Å². The van der Waals surface area contributed by atoms with Crippen molar-refractivity contribution < 1.29 is 9.59 Å². The van der Waals surface area contributed by atoms with Crippen molar-refractivity contribution in [3.05, 3.63) is 29.3 Å². The van der Waals surface area contributed by atoms with Crippen molar-refractivity contribution in [3.8, 4) is 0 Å². The standard InChI is InChI=1S/C13H18N2O2/c1-8-4-5-11(9(2)6-8)15-12(16)7-10(3)13(14)17/h4-6,10H,7H2,1-3H3,(H2,14,17)(H,15,16). The van der Waals surface area contributed by atoms with E-state index in [1.807, 2.05) is 32.0 Å². The van der Waals surface area contributed by atoms with Crippen LogP contribution in [0.5, 0.6) is 0 Å². The number of primary amides is 1. The van der Waals surface area contributed by atoms with Gasteiger partial charge < -0.3 is 11.1 Å². The average molecular weight is 234 g/mol. The molecule has 3 N–H and O–H groups in total. The first-order chi connectivity index (χ1) is 7.90. The number of benzene rings is 1. The number of amides is 2. The highest BCUT2D eigenvalue weighted by Crippen LogP contribution is 2.16. The number of nitrogens with two attached hydrogens (primary N) is 1. The minimum Gasteiger partial charge on any atom is -0.369 e. The van der Waals surface area contributed by atoms with Gasteiger partial charge in [-0.25, -0.2) is 0 Å². The number of rotatable bonds is 4. The Hall–Kier alpha value is -1.84. The summed E-state index contributed by atoms with van der Waals surface area (Å²) in [5.74, 6) is -1.09. The maximum absolute atomic E-state index is 11.6. The summed E-state index contributed by atoms with van der Waals surface area (Å²) in [6.07, 6.45) is 0.114. The Morgan fingerprint density at radius 3 is 2.53 bits per heavy atom. The molecular formula is C13H18N2O2. The van der Waals surface area contributed by atoms with Crippen molar-refractivity contribution in [2.24, 2.45) is 11.7 Å². The fraction of sp³-hybridized carbons (Fsp3) is 0.385. The molecule has 1 unspecified atom stereocenters. The zero-order valence-electron chi connectivity index (χ0n) is 10.4. The third-order valence-corrected chi connectivity index (χ3v) is 2.63.